The molecule has 1 aliphatic carbocycles. The minimum absolute atomic E-state index is 0.0656. The number of rotatable bonds is 4. The zero-order valence-electron chi connectivity index (χ0n) is 10.9. The number of nitrogens with two attached hydrogens (primary N) is 1. The average Bonchev–Trinajstić information content (AvgIpc) is 2.42. The van der Waals surface area contributed by atoms with Gasteiger partial charge in [-0.05, 0) is 36.9 Å². The molecule has 0 atom stereocenters. The molecule has 0 aliphatic heterocycles. The Labute approximate surface area is 112 Å². The summed E-state index contributed by atoms with van der Waals surface area (Å²) < 4.78 is 0. The van der Waals surface area contributed by atoms with Gasteiger partial charge in [-0.15, -0.1) is 0 Å². The average molecular weight is 254 g/mol. The lowest BCUT2D eigenvalue weighted by Crippen LogP contribution is -2.39. The van der Waals surface area contributed by atoms with Crippen LogP contribution < -0.4 is 5.73 Å². The summed E-state index contributed by atoms with van der Waals surface area (Å²) in [5, 5.41) is 1.07. The molecule has 0 spiro atoms. The molecule has 3 rings (SSSR count). The first kappa shape index (κ1) is 12.3. The first-order chi connectivity index (χ1) is 9.22. The van der Waals surface area contributed by atoms with E-state index in [4.69, 9.17) is 5.73 Å². The minimum atomic E-state index is 0.0656. The highest BCUT2D eigenvalue weighted by molar-refractivity contribution is 5.99. The standard InChI is InChI=1S/C16H18N2O/c17-11-16(6-2-7-16)10-15(19)13-5-4-12-3-1-8-18-14(12)9-13/h1,3-5,8-9H,2,6-7,10-11,17H2. The molecule has 0 amide bonds. The van der Waals surface area contributed by atoms with Gasteiger partial charge in [0.25, 0.3) is 0 Å². The van der Waals surface area contributed by atoms with Crippen LogP contribution in [0.3, 0.4) is 0 Å². The lowest BCUT2D eigenvalue weighted by atomic mass is 9.65. The second kappa shape index (κ2) is 4.74. The lowest BCUT2D eigenvalue weighted by Gasteiger charge is -2.40. The summed E-state index contributed by atoms with van der Waals surface area (Å²) in [6.45, 7) is 0.616. The summed E-state index contributed by atoms with van der Waals surface area (Å²) in [4.78, 5) is 16.7. The van der Waals surface area contributed by atoms with Crippen molar-refractivity contribution in [3.63, 3.8) is 0 Å². The normalized spacial score (nSPS) is 17.1. The second-order valence-electron chi connectivity index (χ2n) is 5.57. The third-order valence-corrected chi connectivity index (χ3v) is 4.31. The van der Waals surface area contributed by atoms with E-state index >= 15 is 0 Å². The van der Waals surface area contributed by atoms with E-state index in [9.17, 15) is 4.79 Å². The fourth-order valence-electron chi connectivity index (χ4n) is 2.81. The van der Waals surface area contributed by atoms with Crippen LogP contribution >= 0.6 is 0 Å². The van der Waals surface area contributed by atoms with Gasteiger partial charge in [-0.3, -0.25) is 9.78 Å². The number of aromatic nitrogens is 1. The van der Waals surface area contributed by atoms with Crippen molar-refractivity contribution in [1.82, 2.24) is 4.98 Å². The van der Waals surface area contributed by atoms with Crippen LogP contribution in [0.4, 0.5) is 0 Å². The quantitative estimate of drug-likeness (QED) is 0.853. The molecule has 3 nitrogen and oxygen atoms in total. The summed E-state index contributed by atoms with van der Waals surface area (Å²) in [6, 6.07) is 9.66. The van der Waals surface area contributed by atoms with Crippen molar-refractivity contribution in [1.29, 1.82) is 0 Å². The molecule has 1 heterocycles. The molecule has 1 aromatic heterocycles. The van der Waals surface area contributed by atoms with Gasteiger partial charge in [-0.1, -0.05) is 24.6 Å². The van der Waals surface area contributed by atoms with Crippen LogP contribution in [0.5, 0.6) is 0 Å². The van der Waals surface area contributed by atoms with E-state index in [1.54, 1.807) is 6.20 Å². The van der Waals surface area contributed by atoms with Gasteiger partial charge in [0.1, 0.15) is 0 Å². The number of hydrogen-bond acceptors (Lipinski definition) is 3. The number of fused-ring (bicyclic) bond motifs is 1. The Morgan fingerprint density at radius 2 is 2.16 bits per heavy atom. The third kappa shape index (κ3) is 2.26. The number of hydrogen-bond donors (Lipinski definition) is 1. The maximum Gasteiger partial charge on any atom is 0.163 e. The van der Waals surface area contributed by atoms with Crippen molar-refractivity contribution < 1.29 is 4.79 Å². The molecule has 1 aromatic carbocycles. The van der Waals surface area contributed by atoms with Crippen molar-refractivity contribution in [3.8, 4) is 0 Å². The van der Waals surface area contributed by atoms with Gasteiger partial charge < -0.3 is 5.73 Å². The molecule has 1 aliphatic rings. The van der Waals surface area contributed by atoms with Crippen LogP contribution in [0.15, 0.2) is 36.5 Å². The smallest absolute Gasteiger partial charge is 0.163 e. The van der Waals surface area contributed by atoms with Gasteiger partial charge in [-0.2, -0.15) is 0 Å². The van der Waals surface area contributed by atoms with E-state index in [1.807, 2.05) is 30.3 Å². The van der Waals surface area contributed by atoms with Crippen molar-refractivity contribution >= 4 is 16.7 Å². The molecule has 0 radical (unpaired) electrons. The molecule has 98 valence electrons. The molecule has 0 saturated heterocycles. The van der Waals surface area contributed by atoms with Crippen LogP contribution in [0.25, 0.3) is 10.9 Å². The fourth-order valence-corrected chi connectivity index (χ4v) is 2.81. The van der Waals surface area contributed by atoms with Gasteiger partial charge in [0.2, 0.25) is 0 Å². The zero-order valence-corrected chi connectivity index (χ0v) is 10.9. The summed E-state index contributed by atoms with van der Waals surface area (Å²) >= 11 is 0. The number of ketones is 1. The Morgan fingerprint density at radius 1 is 1.32 bits per heavy atom. The van der Waals surface area contributed by atoms with E-state index in [-0.39, 0.29) is 11.2 Å². The molecule has 2 N–H and O–H groups in total. The van der Waals surface area contributed by atoms with Crippen molar-refractivity contribution in [2.45, 2.75) is 25.7 Å². The largest absolute Gasteiger partial charge is 0.330 e. The van der Waals surface area contributed by atoms with Gasteiger partial charge in [-0.25, -0.2) is 0 Å². The van der Waals surface area contributed by atoms with E-state index in [0.29, 0.717) is 13.0 Å². The molecule has 19 heavy (non-hydrogen) atoms. The SMILES string of the molecule is NCC1(CC(=O)c2ccc3cccnc3c2)CCC1. The van der Waals surface area contributed by atoms with Crippen molar-refractivity contribution in [3.05, 3.63) is 42.1 Å². The molecular weight excluding hydrogens is 236 g/mol. The molecule has 3 heteroatoms. The monoisotopic (exact) mass is 254 g/mol. The second-order valence-corrected chi connectivity index (χ2v) is 5.57. The maximum absolute atomic E-state index is 12.4. The van der Waals surface area contributed by atoms with E-state index in [0.717, 1.165) is 29.3 Å². The lowest BCUT2D eigenvalue weighted by molar-refractivity contribution is 0.0786. The number of Topliss-reactive ketones (excluding diaryl/α,β-unsaturated/α-hetero) is 1. The first-order valence-electron chi connectivity index (χ1n) is 6.81. The minimum Gasteiger partial charge on any atom is -0.330 e. The van der Waals surface area contributed by atoms with Crippen LogP contribution in [0.2, 0.25) is 0 Å². The van der Waals surface area contributed by atoms with Crippen molar-refractivity contribution in [2.24, 2.45) is 11.1 Å². The zero-order chi connectivity index (χ0) is 13.3. The Balaban J connectivity index is 1.85. The van der Waals surface area contributed by atoms with Gasteiger partial charge in [0, 0.05) is 23.6 Å². The first-order valence-corrected chi connectivity index (χ1v) is 6.81. The predicted molar refractivity (Wildman–Crippen MR) is 76.0 cm³/mol. The Bertz CT molecular complexity index is 611. The summed E-state index contributed by atoms with van der Waals surface area (Å²) in [7, 11) is 0. The maximum atomic E-state index is 12.4. The van der Waals surface area contributed by atoms with E-state index in [2.05, 4.69) is 4.98 Å². The van der Waals surface area contributed by atoms with Crippen LogP contribution in [-0.4, -0.2) is 17.3 Å². The number of benzene rings is 1. The fraction of sp³-hybridized carbons (Fsp3) is 0.375. The topological polar surface area (TPSA) is 56.0 Å². The summed E-state index contributed by atoms with van der Waals surface area (Å²) in [5.41, 5.74) is 7.52. The number of carbonyl (C=O) groups is 1. The van der Waals surface area contributed by atoms with E-state index < -0.39 is 0 Å². The van der Waals surface area contributed by atoms with Crippen molar-refractivity contribution in [2.75, 3.05) is 6.54 Å². The molecule has 1 saturated carbocycles. The Morgan fingerprint density at radius 3 is 2.84 bits per heavy atom. The highest BCUT2D eigenvalue weighted by Crippen LogP contribution is 2.43. The van der Waals surface area contributed by atoms with E-state index in [1.165, 1.54) is 6.42 Å². The Kier molecular flexibility index (Phi) is 3.07. The van der Waals surface area contributed by atoms with Crippen LogP contribution in [0.1, 0.15) is 36.0 Å². The van der Waals surface area contributed by atoms with Crippen LogP contribution in [0, 0.1) is 5.41 Å². The molecule has 2 aromatic rings. The molecule has 1 fully saturated rings. The summed E-state index contributed by atoms with van der Waals surface area (Å²) in [6.07, 6.45) is 5.69. The highest BCUT2D eigenvalue weighted by atomic mass is 16.1. The van der Waals surface area contributed by atoms with Gasteiger partial charge >= 0.3 is 0 Å². The molecule has 0 bridgehead atoms. The number of pyridine rings is 1. The van der Waals surface area contributed by atoms with Crippen LogP contribution in [-0.2, 0) is 0 Å². The number of nitrogens with zero attached hydrogens (tertiary/aromatic N) is 1. The molecule has 0 unspecified atom stereocenters. The molecular formula is C16H18N2O. The summed E-state index contributed by atoms with van der Waals surface area (Å²) in [5.74, 6) is 0.192. The van der Waals surface area contributed by atoms with Gasteiger partial charge in [0.05, 0.1) is 5.52 Å². The number of carbonyl (C=O) groups excluding carboxylic acids is 1. The van der Waals surface area contributed by atoms with Gasteiger partial charge in [0.15, 0.2) is 5.78 Å². The highest BCUT2D eigenvalue weighted by Gasteiger charge is 2.37. The Hall–Kier alpha value is -1.74. The predicted octanol–water partition coefficient (Wildman–Crippen LogP) is 2.94. The third-order valence-electron chi connectivity index (χ3n) is 4.31.